The number of fused-ring (bicyclic) bond motifs is 1. The Labute approximate surface area is 117 Å². The van der Waals surface area contributed by atoms with Crippen molar-refractivity contribution in [1.29, 1.82) is 0 Å². The fourth-order valence-corrected chi connectivity index (χ4v) is 2.77. The van der Waals surface area contributed by atoms with Crippen LogP contribution in [0.2, 0.25) is 0 Å². The minimum absolute atomic E-state index is 0.0161. The summed E-state index contributed by atoms with van der Waals surface area (Å²) in [4.78, 5) is 31.4. The van der Waals surface area contributed by atoms with Crippen LogP contribution in [0.4, 0.5) is 5.95 Å². The van der Waals surface area contributed by atoms with Crippen LogP contribution >= 0.6 is 7.60 Å². The lowest BCUT2D eigenvalue weighted by molar-refractivity contribution is -0.0443. The van der Waals surface area contributed by atoms with E-state index in [1.165, 1.54) is 11.7 Å². The number of H-pyrrole nitrogens is 1. The molecule has 4 N–H and O–H groups in total. The van der Waals surface area contributed by atoms with E-state index in [1.54, 1.807) is 0 Å². The van der Waals surface area contributed by atoms with E-state index in [2.05, 4.69) is 15.0 Å². The van der Waals surface area contributed by atoms with Gasteiger partial charge in [-0.3, -0.25) is 14.3 Å². The summed E-state index contributed by atoms with van der Waals surface area (Å²) >= 11 is 0. The molecule has 0 bridgehead atoms. The van der Waals surface area contributed by atoms with Crippen molar-refractivity contribution in [2.75, 3.05) is 25.8 Å². The fourth-order valence-electron chi connectivity index (χ4n) is 1.98. The van der Waals surface area contributed by atoms with Crippen LogP contribution in [-0.2, 0) is 13.8 Å². The number of aromatic amines is 1. The van der Waals surface area contributed by atoms with Gasteiger partial charge in [-0.25, -0.2) is 4.57 Å². The number of ether oxygens (including phenoxy) is 2. The van der Waals surface area contributed by atoms with Gasteiger partial charge in [0.25, 0.3) is 5.56 Å². The van der Waals surface area contributed by atoms with E-state index < -0.39 is 25.7 Å². The second-order valence-corrected chi connectivity index (χ2v) is 6.07. The first-order valence-corrected chi connectivity index (χ1v) is 7.57. The third-order valence-corrected chi connectivity index (χ3v) is 3.88. The Morgan fingerprint density at radius 3 is 2.95 bits per heavy atom. The van der Waals surface area contributed by atoms with Crippen LogP contribution in [0, 0.1) is 0 Å². The summed E-state index contributed by atoms with van der Waals surface area (Å²) in [6, 6.07) is 0.0527. The van der Waals surface area contributed by atoms with Gasteiger partial charge < -0.3 is 24.6 Å². The van der Waals surface area contributed by atoms with Crippen molar-refractivity contribution < 1.29 is 23.5 Å². The molecule has 114 valence electrons. The largest absolute Gasteiger partial charge is 0.468 e. The molecule has 0 aromatic carbocycles. The lowest BCUT2D eigenvalue weighted by Gasteiger charge is -2.27. The van der Waals surface area contributed by atoms with Crippen LogP contribution < -0.4 is 16.0 Å². The first-order valence-electron chi connectivity index (χ1n) is 5.81. The van der Waals surface area contributed by atoms with Crippen LogP contribution in [0.5, 0.6) is 6.01 Å². The Hall–Kier alpha value is -1.94. The van der Waals surface area contributed by atoms with E-state index >= 15 is 0 Å². The highest BCUT2D eigenvalue weighted by atomic mass is 31.2. The van der Waals surface area contributed by atoms with E-state index in [4.69, 9.17) is 19.7 Å². The zero-order valence-corrected chi connectivity index (χ0v) is 11.7. The predicted octanol–water partition coefficient (Wildman–Crippen LogP) is -0.601. The molecule has 0 amide bonds. The second kappa shape index (κ2) is 4.81. The zero-order valence-electron chi connectivity index (χ0n) is 10.8. The number of imidazole rings is 1. The molecule has 21 heavy (non-hydrogen) atoms. The zero-order chi connectivity index (χ0) is 15.2. The normalized spacial score (nSPS) is 26.1. The minimum atomic E-state index is -3.74. The molecule has 2 atom stereocenters. The van der Waals surface area contributed by atoms with Crippen LogP contribution in [0.3, 0.4) is 0 Å². The molecule has 12 heteroatoms. The molecule has 0 radical (unpaired) electrons. The smallest absolute Gasteiger partial charge is 0.353 e. The third-order valence-electron chi connectivity index (χ3n) is 2.86. The van der Waals surface area contributed by atoms with Crippen LogP contribution in [0.1, 0.15) is 6.23 Å². The highest BCUT2D eigenvalue weighted by molar-refractivity contribution is 7.52. The number of hydrogen-bond acceptors (Lipinski definition) is 8. The molecule has 1 aliphatic rings. The van der Waals surface area contributed by atoms with Gasteiger partial charge in [0.05, 0.1) is 7.11 Å². The van der Waals surface area contributed by atoms with Crippen molar-refractivity contribution >= 4 is 24.7 Å². The van der Waals surface area contributed by atoms with Gasteiger partial charge in [-0.2, -0.15) is 9.97 Å². The highest BCUT2D eigenvalue weighted by Gasteiger charge is 2.33. The average molecular weight is 317 g/mol. The van der Waals surface area contributed by atoms with Crippen molar-refractivity contribution in [3.8, 4) is 6.01 Å². The van der Waals surface area contributed by atoms with Gasteiger partial charge in [0, 0.05) is 0 Å². The molecular formula is C9H12N5O6P. The Kier molecular flexibility index (Phi) is 3.21. The molecule has 1 fully saturated rings. The number of hydrogen-bond donors (Lipinski definition) is 3. The average Bonchev–Trinajstić information content (AvgIpc) is 2.78. The molecular weight excluding hydrogens is 305 g/mol. The van der Waals surface area contributed by atoms with Crippen LogP contribution in [0.15, 0.2) is 4.79 Å². The molecule has 1 aliphatic heterocycles. The maximum Gasteiger partial charge on any atom is 0.353 e. The summed E-state index contributed by atoms with van der Waals surface area (Å²) in [5.74, 6) is -0.0964. The van der Waals surface area contributed by atoms with E-state index in [9.17, 15) is 14.3 Å². The number of anilines is 1. The number of nitrogen functional groups attached to an aromatic ring is 1. The summed E-state index contributed by atoms with van der Waals surface area (Å²) in [6.07, 6.45) is -1.30. The SMILES string of the molecule is COc1nc2c(=O)[nH]c(N)nc2n1[C@@H]1COP(=O)(O)CO1. The first-order chi connectivity index (χ1) is 9.91. The van der Waals surface area contributed by atoms with Crippen molar-refractivity contribution in [3.63, 3.8) is 0 Å². The number of nitrogens with two attached hydrogens (primary N) is 1. The van der Waals surface area contributed by atoms with Gasteiger partial charge in [0.2, 0.25) is 5.95 Å². The van der Waals surface area contributed by atoms with Crippen molar-refractivity contribution in [2.45, 2.75) is 6.23 Å². The summed E-state index contributed by atoms with van der Waals surface area (Å²) in [5, 5.41) is 0. The molecule has 0 spiro atoms. The highest BCUT2D eigenvalue weighted by Crippen LogP contribution is 2.47. The number of methoxy groups -OCH3 is 1. The number of nitrogens with zero attached hydrogens (tertiary/aromatic N) is 3. The lowest BCUT2D eigenvalue weighted by Crippen LogP contribution is -2.25. The lowest BCUT2D eigenvalue weighted by atomic mass is 10.5. The molecule has 2 aromatic rings. The molecule has 2 aromatic heterocycles. The van der Waals surface area contributed by atoms with Gasteiger partial charge >= 0.3 is 13.6 Å². The maximum atomic E-state index is 11.8. The number of nitrogens with one attached hydrogen (secondary N) is 1. The molecule has 1 unspecified atom stereocenters. The first kappa shape index (κ1) is 14.0. The minimum Gasteiger partial charge on any atom is -0.468 e. The summed E-state index contributed by atoms with van der Waals surface area (Å²) < 4.78 is 27.9. The quantitative estimate of drug-likeness (QED) is 0.615. The maximum absolute atomic E-state index is 11.8. The third kappa shape index (κ3) is 2.40. The van der Waals surface area contributed by atoms with E-state index in [0.29, 0.717) is 0 Å². The second-order valence-electron chi connectivity index (χ2n) is 4.28. The summed E-state index contributed by atoms with van der Waals surface area (Å²) in [7, 11) is -2.38. The number of aromatic nitrogens is 4. The van der Waals surface area contributed by atoms with E-state index in [-0.39, 0.29) is 29.7 Å². The van der Waals surface area contributed by atoms with Crippen molar-refractivity contribution in [3.05, 3.63) is 10.4 Å². The van der Waals surface area contributed by atoms with Crippen molar-refractivity contribution in [1.82, 2.24) is 19.5 Å². The van der Waals surface area contributed by atoms with Gasteiger partial charge in [-0.1, -0.05) is 0 Å². The van der Waals surface area contributed by atoms with Crippen LogP contribution in [-0.4, -0.2) is 44.5 Å². The summed E-state index contributed by atoms with van der Waals surface area (Å²) in [6.45, 7) is -0.218. The predicted molar refractivity (Wildman–Crippen MR) is 69.9 cm³/mol. The molecule has 11 nitrogen and oxygen atoms in total. The van der Waals surface area contributed by atoms with Gasteiger partial charge in [-0.15, -0.1) is 0 Å². The molecule has 0 saturated carbocycles. The standard InChI is InChI=1S/C9H12N5O6P/c1-18-9-11-5-6(12-8(10)13-7(5)15)14(9)4-2-20-21(16,17)3-19-4/h4H,2-3H2,1H3,(H,16,17)(H3,10,12,13,15)/t4-/m0/s1. The fraction of sp³-hybridized carbons (Fsp3) is 0.444. The summed E-state index contributed by atoms with van der Waals surface area (Å²) in [5.41, 5.74) is 5.13. The Morgan fingerprint density at radius 1 is 1.57 bits per heavy atom. The Bertz CT molecular complexity index is 788. The monoisotopic (exact) mass is 317 g/mol. The number of rotatable bonds is 2. The van der Waals surface area contributed by atoms with Gasteiger partial charge in [0.15, 0.2) is 23.7 Å². The Balaban J connectivity index is 2.13. The Morgan fingerprint density at radius 2 is 2.33 bits per heavy atom. The molecule has 0 aliphatic carbocycles. The molecule has 1 saturated heterocycles. The van der Waals surface area contributed by atoms with Crippen molar-refractivity contribution in [2.24, 2.45) is 0 Å². The van der Waals surface area contributed by atoms with Gasteiger partial charge in [0.1, 0.15) is 6.61 Å². The molecule has 3 rings (SSSR count). The topological polar surface area (TPSA) is 155 Å². The molecule has 3 heterocycles. The van der Waals surface area contributed by atoms with Gasteiger partial charge in [-0.05, 0) is 0 Å². The van der Waals surface area contributed by atoms with E-state index in [0.717, 1.165) is 0 Å². The van der Waals surface area contributed by atoms with E-state index in [1.807, 2.05) is 0 Å². The van der Waals surface area contributed by atoms with Crippen LogP contribution in [0.25, 0.3) is 11.2 Å².